The number of nitrogens with one attached hydrogen (secondary N) is 1. The number of nitrogens with zero attached hydrogens (tertiary/aromatic N) is 1. The molecular formula is C26H27F3N2O5S. The summed E-state index contributed by atoms with van der Waals surface area (Å²) in [4.78, 5) is 13.8. The van der Waals surface area contributed by atoms with Gasteiger partial charge < -0.3 is 19.1 Å². The number of hydrogen-bond donors (Lipinski definition) is 1. The molecule has 0 bridgehead atoms. The smallest absolute Gasteiger partial charge is 0.383 e. The maximum Gasteiger partial charge on any atom is 0.416 e. The average Bonchev–Trinajstić information content (AvgIpc) is 2.84. The fraction of sp³-hybridized carbons (Fsp3) is 0.269. The number of halogens is 3. The lowest BCUT2D eigenvalue weighted by molar-refractivity contribution is -0.137. The van der Waals surface area contributed by atoms with Crippen molar-refractivity contribution in [2.45, 2.75) is 31.5 Å². The van der Waals surface area contributed by atoms with Crippen LogP contribution in [0.5, 0.6) is 5.75 Å². The summed E-state index contributed by atoms with van der Waals surface area (Å²) in [5.74, 6) is -0.0795. The van der Waals surface area contributed by atoms with Crippen LogP contribution >= 0.6 is 0 Å². The molecule has 3 aromatic rings. The molecule has 0 saturated carbocycles. The normalized spacial score (nSPS) is 11.7. The minimum atomic E-state index is -4.69. The standard InChI is InChI=1S/C26H27F3N2O5S/c1-18-7-10-22(15-19(18)2)30-25(32)31(13-14-35-3)17-20-8-11-23(12-9-20)36-37(33,34)24-6-4-5-21(16-24)26(27,28)29/h4-12,15-16H,13-14,17H2,1-3H3,(H,30,32). The lowest BCUT2D eigenvalue weighted by Crippen LogP contribution is -2.36. The number of methoxy groups -OCH3 is 1. The van der Waals surface area contributed by atoms with Crippen molar-refractivity contribution in [3.63, 3.8) is 0 Å². The number of ether oxygens (including phenoxy) is 1. The fourth-order valence-corrected chi connectivity index (χ4v) is 4.33. The van der Waals surface area contributed by atoms with E-state index in [-0.39, 0.29) is 18.3 Å². The molecular weight excluding hydrogens is 509 g/mol. The summed E-state index contributed by atoms with van der Waals surface area (Å²) < 4.78 is 74.0. The molecule has 1 N–H and O–H groups in total. The van der Waals surface area contributed by atoms with Gasteiger partial charge in [0.1, 0.15) is 10.6 Å². The Balaban J connectivity index is 1.71. The highest BCUT2D eigenvalue weighted by atomic mass is 32.2. The Morgan fingerprint density at radius 3 is 2.30 bits per heavy atom. The second-order valence-corrected chi connectivity index (χ2v) is 9.90. The molecule has 7 nitrogen and oxygen atoms in total. The van der Waals surface area contributed by atoms with Crippen molar-refractivity contribution in [1.29, 1.82) is 0 Å². The molecule has 0 aliphatic carbocycles. The number of hydrogen-bond acceptors (Lipinski definition) is 5. The zero-order chi connectivity index (χ0) is 27.2. The number of amides is 2. The molecule has 198 valence electrons. The van der Waals surface area contributed by atoms with Gasteiger partial charge in [-0.1, -0.05) is 24.3 Å². The van der Waals surface area contributed by atoms with Gasteiger partial charge in [0, 0.05) is 25.9 Å². The zero-order valence-electron chi connectivity index (χ0n) is 20.5. The molecule has 0 heterocycles. The molecule has 0 unspecified atom stereocenters. The van der Waals surface area contributed by atoms with E-state index >= 15 is 0 Å². The molecule has 0 aliphatic heterocycles. The minimum Gasteiger partial charge on any atom is -0.383 e. The van der Waals surface area contributed by atoms with Gasteiger partial charge in [0.2, 0.25) is 0 Å². The maximum atomic E-state index is 12.9. The molecule has 0 aliphatic rings. The van der Waals surface area contributed by atoms with E-state index in [0.717, 1.165) is 29.3 Å². The van der Waals surface area contributed by atoms with E-state index in [1.54, 1.807) is 12.1 Å². The highest BCUT2D eigenvalue weighted by Crippen LogP contribution is 2.31. The van der Waals surface area contributed by atoms with Gasteiger partial charge in [-0.15, -0.1) is 0 Å². The molecule has 2 amide bonds. The third kappa shape index (κ3) is 7.70. The third-order valence-electron chi connectivity index (χ3n) is 5.56. The maximum absolute atomic E-state index is 12.9. The first-order valence-electron chi connectivity index (χ1n) is 11.2. The van der Waals surface area contributed by atoms with E-state index in [1.807, 2.05) is 32.0 Å². The fourth-order valence-electron chi connectivity index (χ4n) is 3.35. The van der Waals surface area contributed by atoms with Crippen molar-refractivity contribution < 1.29 is 35.3 Å². The Hall–Kier alpha value is -3.57. The Labute approximate surface area is 213 Å². The van der Waals surface area contributed by atoms with E-state index in [9.17, 15) is 26.4 Å². The summed E-state index contributed by atoms with van der Waals surface area (Å²) in [6, 6.07) is 14.5. The minimum absolute atomic E-state index is 0.0795. The number of alkyl halides is 3. The van der Waals surface area contributed by atoms with Crippen LogP contribution in [0.2, 0.25) is 0 Å². The van der Waals surface area contributed by atoms with Crippen LogP contribution in [0.25, 0.3) is 0 Å². The first-order chi connectivity index (χ1) is 17.4. The Kier molecular flexibility index (Phi) is 8.82. The highest BCUT2D eigenvalue weighted by molar-refractivity contribution is 7.87. The van der Waals surface area contributed by atoms with Gasteiger partial charge in [-0.3, -0.25) is 0 Å². The van der Waals surface area contributed by atoms with Crippen LogP contribution in [0.3, 0.4) is 0 Å². The summed E-state index contributed by atoms with van der Waals surface area (Å²) in [5.41, 5.74) is 2.38. The van der Waals surface area contributed by atoms with Crippen LogP contribution in [0.4, 0.5) is 23.7 Å². The average molecular weight is 537 g/mol. The van der Waals surface area contributed by atoms with Gasteiger partial charge in [0.15, 0.2) is 0 Å². The quantitative estimate of drug-likeness (QED) is 0.351. The molecule has 0 fully saturated rings. The van der Waals surface area contributed by atoms with Gasteiger partial charge >= 0.3 is 22.3 Å². The second-order valence-electron chi connectivity index (χ2n) is 8.35. The number of aryl methyl sites for hydroxylation is 2. The second kappa shape index (κ2) is 11.7. The van der Waals surface area contributed by atoms with Gasteiger partial charge in [0.05, 0.1) is 12.2 Å². The number of benzene rings is 3. The van der Waals surface area contributed by atoms with Crippen LogP contribution in [-0.4, -0.2) is 39.6 Å². The van der Waals surface area contributed by atoms with Crippen molar-refractivity contribution in [1.82, 2.24) is 4.90 Å². The van der Waals surface area contributed by atoms with Crippen molar-refractivity contribution >= 4 is 21.8 Å². The van der Waals surface area contributed by atoms with Gasteiger partial charge in [-0.05, 0) is 73.0 Å². The first kappa shape index (κ1) is 28.0. The van der Waals surface area contributed by atoms with Crippen molar-refractivity contribution in [3.05, 3.63) is 89.0 Å². The van der Waals surface area contributed by atoms with Crippen molar-refractivity contribution in [3.8, 4) is 5.75 Å². The van der Waals surface area contributed by atoms with E-state index in [4.69, 9.17) is 8.92 Å². The largest absolute Gasteiger partial charge is 0.416 e. The van der Waals surface area contributed by atoms with Crippen LogP contribution in [0.15, 0.2) is 71.6 Å². The monoisotopic (exact) mass is 536 g/mol. The Bertz CT molecular complexity index is 1340. The summed E-state index contributed by atoms with van der Waals surface area (Å²) >= 11 is 0. The molecule has 0 radical (unpaired) electrons. The van der Waals surface area contributed by atoms with Gasteiger partial charge in [-0.25, -0.2) is 4.79 Å². The number of carbonyl (C=O) groups excluding carboxylic acids is 1. The zero-order valence-corrected chi connectivity index (χ0v) is 21.3. The number of carbonyl (C=O) groups is 1. The number of anilines is 1. The topological polar surface area (TPSA) is 84.9 Å². The van der Waals surface area contributed by atoms with Crippen LogP contribution in [0, 0.1) is 13.8 Å². The Morgan fingerprint density at radius 2 is 1.68 bits per heavy atom. The van der Waals surface area contributed by atoms with Crippen molar-refractivity contribution in [2.75, 3.05) is 25.6 Å². The molecule has 37 heavy (non-hydrogen) atoms. The van der Waals surface area contributed by atoms with E-state index in [2.05, 4.69) is 5.32 Å². The summed E-state index contributed by atoms with van der Waals surface area (Å²) in [6.07, 6.45) is -4.69. The van der Waals surface area contributed by atoms with Crippen LogP contribution in [0.1, 0.15) is 22.3 Å². The predicted molar refractivity (Wildman–Crippen MR) is 133 cm³/mol. The molecule has 0 saturated heterocycles. The highest BCUT2D eigenvalue weighted by Gasteiger charge is 2.32. The third-order valence-corrected chi connectivity index (χ3v) is 6.81. The van der Waals surface area contributed by atoms with Gasteiger partial charge in [-0.2, -0.15) is 21.6 Å². The molecule has 0 atom stereocenters. The number of rotatable bonds is 9. The molecule has 11 heteroatoms. The lowest BCUT2D eigenvalue weighted by atomic mass is 10.1. The molecule has 3 aromatic carbocycles. The summed E-state index contributed by atoms with van der Waals surface area (Å²) in [6.45, 7) is 4.72. The number of urea groups is 1. The molecule has 3 rings (SSSR count). The summed E-state index contributed by atoms with van der Waals surface area (Å²) in [5, 5.41) is 2.86. The van der Waals surface area contributed by atoms with E-state index < -0.39 is 26.8 Å². The van der Waals surface area contributed by atoms with Gasteiger partial charge in [0.25, 0.3) is 0 Å². The van der Waals surface area contributed by atoms with E-state index in [0.29, 0.717) is 30.5 Å². The summed E-state index contributed by atoms with van der Waals surface area (Å²) in [7, 11) is -2.97. The SMILES string of the molecule is COCCN(Cc1ccc(OS(=O)(=O)c2cccc(C(F)(F)F)c2)cc1)C(=O)Nc1ccc(C)c(C)c1. The molecule has 0 aromatic heterocycles. The predicted octanol–water partition coefficient (Wildman–Crippen LogP) is 5.77. The van der Waals surface area contributed by atoms with Crippen molar-refractivity contribution in [2.24, 2.45) is 0 Å². The van der Waals surface area contributed by atoms with E-state index in [1.165, 1.54) is 24.1 Å². The van der Waals surface area contributed by atoms with Crippen LogP contribution in [-0.2, 0) is 27.6 Å². The Morgan fingerprint density at radius 1 is 0.973 bits per heavy atom. The van der Waals surface area contributed by atoms with Crippen LogP contribution < -0.4 is 9.50 Å². The first-order valence-corrected chi connectivity index (χ1v) is 12.6. The molecule has 0 spiro atoms. The lowest BCUT2D eigenvalue weighted by Gasteiger charge is -2.23.